The molecule has 1 aliphatic heterocycles. The van der Waals surface area contributed by atoms with Gasteiger partial charge in [0.25, 0.3) is 0 Å². The van der Waals surface area contributed by atoms with Crippen LogP contribution in [0.4, 0.5) is 0 Å². The fourth-order valence-electron chi connectivity index (χ4n) is 5.64. The van der Waals surface area contributed by atoms with E-state index < -0.39 is 10.4 Å². The van der Waals surface area contributed by atoms with Crippen LogP contribution in [0.3, 0.4) is 0 Å². The van der Waals surface area contributed by atoms with E-state index >= 15 is 0 Å². The van der Waals surface area contributed by atoms with Gasteiger partial charge in [0, 0.05) is 42.7 Å². The molecular formula is C27H28Cl2N6O4. The Kier molecular flexibility index (Phi) is 6.50. The molecule has 1 aromatic carbocycles. The molecule has 3 heterocycles. The highest BCUT2D eigenvalue weighted by atomic mass is 35.5. The number of likely N-dealkylation sites (tertiary alicyclic amines) is 1. The van der Waals surface area contributed by atoms with E-state index in [9.17, 15) is 14.4 Å². The van der Waals surface area contributed by atoms with Crippen molar-refractivity contribution in [1.82, 2.24) is 30.0 Å². The number of hydrogen-bond donors (Lipinski definition) is 1. The Hall–Kier alpha value is -3.24. The highest BCUT2D eigenvalue weighted by Crippen LogP contribution is 2.55. The van der Waals surface area contributed by atoms with Crippen LogP contribution in [0.2, 0.25) is 0 Å². The average Bonchev–Trinajstić information content (AvgIpc) is 3.72. The Balaban J connectivity index is 1.19. The quantitative estimate of drug-likeness (QED) is 0.309. The maximum Gasteiger partial charge on any atom is 0.245 e. The number of carbonyl (C=O) groups excluding carboxylic acids is 3. The Morgan fingerprint density at radius 3 is 2.64 bits per heavy atom. The zero-order valence-electron chi connectivity index (χ0n) is 21.5. The second-order valence-electron chi connectivity index (χ2n) is 10.7. The lowest BCUT2D eigenvalue weighted by molar-refractivity contribution is -0.140. The number of piperidine rings is 1. The first kappa shape index (κ1) is 26.0. The van der Waals surface area contributed by atoms with E-state index in [2.05, 4.69) is 20.4 Å². The second-order valence-corrected chi connectivity index (χ2v) is 12.2. The predicted octanol–water partition coefficient (Wildman–Crippen LogP) is 3.30. The maximum atomic E-state index is 13.6. The van der Waals surface area contributed by atoms with Crippen LogP contribution in [-0.4, -0.2) is 64.7 Å². The van der Waals surface area contributed by atoms with E-state index in [1.54, 1.807) is 41.6 Å². The molecule has 3 aliphatic rings. The number of ether oxygens (including phenoxy) is 1. The molecule has 10 nitrogen and oxygen atoms in total. The molecular weight excluding hydrogens is 543 g/mol. The molecule has 12 heteroatoms. The minimum atomic E-state index is -0.796. The molecule has 3 fully saturated rings. The number of nitrogens with one attached hydrogen (secondary N) is 1. The van der Waals surface area contributed by atoms with Crippen molar-refractivity contribution in [1.29, 1.82) is 0 Å². The fourth-order valence-corrected chi connectivity index (χ4v) is 6.35. The first-order chi connectivity index (χ1) is 18.6. The number of nitrogens with zero attached hydrogens (tertiary/aromatic N) is 5. The molecule has 2 saturated carbocycles. The van der Waals surface area contributed by atoms with Crippen molar-refractivity contribution >= 4 is 51.7 Å². The molecule has 0 bridgehead atoms. The average molecular weight is 571 g/mol. The standard InChI is InChI=1S/C27H28Cl2N6O4/c1-14(19-11-27(19,28)29)32-26(38)22-9-16-8-21(16)35(22)24(37)12-34-20-5-4-17(10-18(20)25(33-34)15(2)36)39-13-23-30-6-3-7-31-23/h3-7,10,14,16,19,21-22H,8-9,11-13H2,1-2H3,(H,32,38)/t14-,16-,19+,21-,22+/m1/s1. The number of Topliss-reactive ketones (excluding diaryl/α,β-unsaturated/α-hetero) is 1. The monoisotopic (exact) mass is 570 g/mol. The number of ketones is 1. The second kappa shape index (κ2) is 9.75. The van der Waals surface area contributed by atoms with Gasteiger partial charge in [0.1, 0.15) is 35.0 Å². The number of rotatable bonds is 9. The summed E-state index contributed by atoms with van der Waals surface area (Å²) in [4.78, 5) is 49.1. The third-order valence-corrected chi connectivity index (χ3v) is 8.74. The van der Waals surface area contributed by atoms with Gasteiger partial charge < -0.3 is 15.0 Å². The van der Waals surface area contributed by atoms with Gasteiger partial charge in [0.2, 0.25) is 11.8 Å². The molecule has 1 N–H and O–H groups in total. The van der Waals surface area contributed by atoms with E-state index in [1.165, 1.54) is 11.6 Å². The van der Waals surface area contributed by atoms with Gasteiger partial charge >= 0.3 is 0 Å². The zero-order valence-corrected chi connectivity index (χ0v) is 23.0. The summed E-state index contributed by atoms with van der Waals surface area (Å²) >= 11 is 12.3. The Labute approximate surface area is 235 Å². The lowest BCUT2D eigenvalue weighted by Gasteiger charge is -2.28. The summed E-state index contributed by atoms with van der Waals surface area (Å²) in [5.74, 6) is 0.782. The van der Waals surface area contributed by atoms with Crippen molar-refractivity contribution in [3.8, 4) is 5.75 Å². The predicted molar refractivity (Wildman–Crippen MR) is 143 cm³/mol. The summed E-state index contributed by atoms with van der Waals surface area (Å²) in [6.07, 6.45) is 5.44. The van der Waals surface area contributed by atoms with Gasteiger partial charge in [-0.15, -0.1) is 23.2 Å². The van der Waals surface area contributed by atoms with E-state index in [0.717, 1.165) is 6.42 Å². The summed E-state index contributed by atoms with van der Waals surface area (Å²) in [6, 6.07) is 6.33. The van der Waals surface area contributed by atoms with Crippen molar-refractivity contribution in [3.05, 3.63) is 48.2 Å². The van der Waals surface area contributed by atoms with Crippen LogP contribution in [0.25, 0.3) is 10.9 Å². The molecule has 0 spiro atoms. The van der Waals surface area contributed by atoms with Gasteiger partial charge in [0.15, 0.2) is 11.6 Å². The molecule has 3 aromatic rings. The topological polar surface area (TPSA) is 119 Å². The molecule has 204 valence electrons. The molecule has 5 atom stereocenters. The molecule has 2 aliphatic carbocycles. The molecule has 2 amide bonds. The summed E-state index contributed by atoms with van der Waals surface area (Å²) in [6.45, 7) is 3.41. The number of fused-ring (bicyclic) bond motifs is 2. The highest BCUT2D eigenvalue weighted by molar-refractivity contribution is 6.51. The van der Waals surface area contributed by atoms with Crippen LogP contribution >= 0.6 is 23.2 Å². The third kappa shape index (κ3) is 5.07. The van der Waals surface area contributed by atoms with Crippen molar-refractivity contribution < 1.29 is 19.1 Å². The van der Waals surface area contributed by atoms with E-state index in [0.29, 0.717) is 41.2 Å². The summed E-state index contributed by atoms with van der Waals surface area (Å²) in [5, 5.41) is 8.08. The molecule has 0 unspecified atom stereocenters. The SMILES string of the molecule is CC(=O)c1nn(CC(=O)N2[C@@H]3C[C@@H]3C[C@H]2C(=O)N[C@H](C)[C@@H]2CC2(Cl)Cl)c2ccc(OCc3ncccn3)cc12. The number of benzene rings is 1. The first-order valence-electron chi connectivity index (χ1n) is 13.0. The van der Waals surface area contributed by atoms with Gasteiger partial charge in [0.05, 0.1) is 5.52 Å². The van der Waals surface area contributed by atoms with Gasteiger partial charge in [-0.25, -0.2) is 9.97 Å². The van der Waals surface area contributed by atoms with Crippen molar-refractivity contribution in [2.24, 2.45) is 11.8 Å². The number of hydrogen-bond acceptors (Lipinski definition) is 7. The van der Waals surface area contributed by atoms with Gasteiger partial charge in [-0.2, -0.15) is 5.10 Å². The Bertz CT molecular complexity index is 1460. The fraction of sp³-hybridized carbons (Fsp3) is 0.481. The van der Waals surface area contributed by atoms with Crippen LogP contribution < -0.4 is 10.1 Å². The third-order valence-electron chi connectivity index (χ3n) is 7.87. The molecule has 1 saturated heterocycles. The minimum absolute atomic E-state index is 0.000553. The smallest absolute Gasteiger partial charge is 0.245 e. The van der Waals surface area contributed by atoms with Crippen LogP contribution in [0.15, 0.2) is 36.7 Å². The minimum Gasteiger partial charge on any atom is -0.486 e. The number of halogens is 2. The number of aromatic nitrogens is 4. The van der Waals surface area contributed by atoms with E-state index in [1.807, 2.05) is 6.92 Å². The largest absolute Gasteiger partial charge is 0.486 e. The van der Waals surface area contributed by atoms with Gasteiger partial charge in [-0.1, -0.05) is 0 Å². The molecule has 39 heavy (non-hydrogen) atoms. The normalized spacial score (nSPS) is 25.2. The summed E-state index contributed by atoms with van der Waals surface area (Å²) in [5.41, 5.74) is 0.885. The molecule has 2 aromatic heterocycles. The summed E-state index contributed by atoms with van der Waals surface area (Å²) in [7, 11) is 0. The number of alkyl halides is 2. The van der Waals surface area contributed by atoms with Crippen molar-refractivity contribution in [3.63, 3.8) is 0 Å². The first-order valence-corrected chi connectivity index (χ1v) is 13.8. The van der Waals surface area contributed by atoms with Gasteiger partial charge in [-0.3, -0.25) is 19.1 Å². The van der Waals surface area contributed by atoms with Crippen LogP contribution in [0.5, 0.6) is 5.75 Å². The number of carbonyl (C=O) groups is 3. The van der Waals surface area contributed by atoms with Crippen molar-refractivity contribution in [2.45, 2.75) is 68.7 Å². The van der Waals surface area contributed by atoms with Crippen molar-refractivity contribution in [2.75, 3.05) is 0 Å². The van der Waals surface area contributed by atoms with Crippen LogP contribution in [-0.2, 0) is 22.7 Å². The van der Waals surface area contributed by atoms with Gasteiger partial charge in [-0.05, 0) is 56.4 Å². The Morgan fingerprint density at radius 1 is 1.21 bits per heavy atom. The zero-order chi connectivity index (χ0) is 27.5. The van der Waals surface area contributed by atoms with Crippen LogP contribution in [0, 0.1) is 11.8 Å². The van der Waals surface area contributed by atoms with E-state index in [-0.39, 0.29) is 54.4 Å². The van der Waals surface area contributed by atoms with E-state index in [4.69, 9.17) is 27.9 Å². The lowest BCUT2D eigenvalue weighted by Crippen LogP contribution is -2.51. The Morgan fingerprint density at radius 2 is 1.95 bits per heavy atom. The molecule has 6 rings (SSSR count). The lowest BCUT2D eigenvalue weighted by atomic mass is 10.1. The molecule has 0 radical (unpaired) electrons. The highest BCUT2D eigenvalue weighted by Gasteiger charge is 2.58. The van der Waals surface area contributed by atoms with Crippen LogP contribution in [0.1, 0.15) is 49.4 Å². The number of amides is 2. The summed E-state index contributed by atoms with van der Waals surface area (Å²) < 4.78 is 6.56. The maximum absolute atomic E-state index is 13.6.